The van der Waals surface area contributed by atoms with Gasteiger partial charge in [0.25, 0.3) is 5.91 Å². The van der Waals surface area contributed by atoms with Gasteiger partial charge in [0.2, 0.25) is 0 Å². The smallest absolute Gasteiger partial charge is 0.250 e. The molecule has 0 saturated carbocycles. The highest BCUT2D eigenvalue weighted by Crippen LogP contribution is 2.19. The first-order valence-corrected chi connectivity index (χ1v) is 6.01. The molecule has 1 saturated heterocycles. The Hall–Kier alpha value is -1.53. The van der Waals surface area contributed by atoms with Crippen molar-refractivity contribution in [2.75, 3.05) is 19.7 Å². The van der Waals surface area contributed by atoms with Crippen molar-refractivity contribution in [3.8, 4) is 0 Å². The van der Waals surface area contributed by atoms with Crippen LogP contribution in [0.5, 0.6) is 0 Å². The fourth-order valence-electron chi connectivity index (χ4n) is 2.13. The number of nitrogens with zero attached hydrogens (tertiary/aromatic N) is 1. The SMILES string of the molecule is CC1(C(N)=O)CN(Cc2ccc(F)c(F)c2)CCO1. The monoisotopic (exact) mass is 270 g/mol. The second-order valence-electron chi connectivity index (χ2n) is 4.90. The van der Waals surface area contributed by atoms with E-state index in [0.29, 0.717) is 31.8 Å². The van der Waals surface area contributed by atoms with Crippen molar-refractivity contribution in [2.24, 2.45) is 5.73 Å². The predicted molar refractivity (Wildman–Crippen MR) is 65.2 cm³/mol. The zero-order valence-electron chi connectivity index (χ0n) is 10.7. The molecule has 0 spiro atoms. The minimum absolute atomic E-state index is 0.335. The highest BCUT2D eigenvalue weighted by atomic mass is 19.2. The maximum Gasteiger partial charge on any atom is 0.250 e. The molecule has 2 N–H and O–H groups in total. The van der Waals surface area contributed by atoms with Gasteiger partial charge >= 0.3 is 0 Å². The van der Waals surface area contributed by atoms with Crippen molar-refractivity contribution in [1.82, 2.24) is 4.90 Å². The van der Waals surface area contributed by atoms with Gasteiger partial charge in [0.1, 0.15) is 0 Å². The summed E-state index contributed by atoms with van der Waals surface area (Å²) in [5, 5.41) is 0. The van der Waals surface area contributed by atoms with E-state index < -0.39 is 23.1 Å². The Labute approximate surface area is 110 Å². The van der Waals surface area contributed by atoms with Crippen LogP contribution in [0.2, 0.25) is 0 Å². The van der Waals surface area contributed by atoms with Gasteiger partial charge in [-0.2, -0.15) is 0 Å². The Morgan fingerprint density at radius 1 is 1.47 bits per heavy atom. The van der Waals surface area contributed by atoms with Gasteiger partial charge in [0.15, 0.2) is 17.2 Å². The third-order valence-electron chi connectivity index (χ3n) is 3.26. The van der Waals surface area contributed by atoms with Gasteiger partial charge in [-0.05, 0) is 24.6 Å². The minimum atomic E-state index is -1.03. The largest absolute Gasteiger partial charge is 0.367 e. The Morgan fingerprint density at radius 3 is 2.84 bits per heavy atom. The van der Waals surface area contributed by atoms with E-state index in [1.165, 1.54) is 6.07 Å². The fourth-order valence-corrected chi connectivity index (χ4v) is 2.13. The number of halogens is 2. The predicted octanol–water partition coefficient (Wildman–Crippen LogP) is 1.04. The molecular weight excluding hydrogens is 254 g/mol. The van der Waals surface area contributed by atoms with E-state index in [0.717, 1.165) is 12.1 Å². The topological polar surface area (TPSA) is 55.6 Å². The molecule has 0 bridgehead atoms. The summed E-state index contributed by atoms with van der Waals surface area (Å²) in [6, 6.07) is 3.78. The van der Waals surface area contributed by atoms with Gasteiger partial charge < -0.3 is 10.5 Å². The average molecular weight is 270 g/mol. The molecule has 1 fully saturated rings. The zero-order chi connectivity index (χ0) is 14.0. The number of nitrogens with two attached hydrogens (primary N) is 1. The van der Waals surface area contributed by atoms with Crippen LogP contribution in [0.4, 0.5) is 8.78 Å². The zero-order valence-corrected chi connectivity index (χ0v) is 10.7. The normalized spacial score (nSPS) is 24.4. The van der Waals surface area contributed by atoms with Crippen LogP contribution in [0.15, 0.2) is 18.2 Å². The van der Waals surface area contributed by atoms with Crippen molar-refractivity contribution >= 4 is 5.91 Å². The van der Waals surface area contributed by atoms with E-state index in [-0.39, 0.29) is 0 Å². The van der Waals surface area contributed by atoms with E-state index >= 15 is 0 Å². The molecule has 19 heavy (non-hydrogen) atoms. The third kappa shape index (κ3) is 3.08. The summed E-state index contributed by atoms with van der Waals surface area (Å²) in [6.45, 7) is 3.38. The van der Waals surface area contributed by atoms with Gasteiger partial charge in [-0.25, -0.2) is 8.78 Å². The lowest BCUT2D eigenvalue weighted by Gasteiger charge is -2.38. The number of hydrogen-bond donors (Lipinski definition) is 1. The van der Waals surface area contributed by atoms with Crippen LogP contribution in [0.3, 0.4) is 0 Å². The molecule has 2 rings (SSSR count). The lowest BCUT2D eigenvalue weighted by Crippen LogP contribution is -2.56. The minimum Gasteiger partial charge on any atom is -0.367 e. The lowest BCUT2D eigenvalue weighted by atomic mass is 10.0. The van der Waals surface area contributed by atoms with E-state index in [4.69, 9.17) is 10.5 Å². The Balaban J connectivity index is 2.06. The first-order chi connectivity index (χ1) is 8.90. The van der Waals surface area contributed by atoms with Crippen LogP contribution >= 0.6 is 0 Å². The van der Waals surface area contributed by atoms with Crippen molar-refractivity contribution in [3.63, 3.8) is 0 Å². The summed E-state index contributed by atoms with van der Waals surface area (Å²) < 4.78 is 31.3. The number of ether oxygens (including phenoxy) is 1. The summed E-state index contributed by atoms with van der Waals surface area (Å²) in [7, 11) is 0. The number of hydrogen-bond acceptors (Lipinski definition) is 3. The van der Waals surface area contributed by atoms with E-state index in [1.807, 2.05) is 4.90 Å². The molecule has 1 atom stereocenters. The van der Waals surface area contributed by atoms with Crippen LogP contribution in [0.1, 0.15) is 12.5 Å². The standard InChI is InChI=1S/C13H16F2N2O2/c1-13(12(16)18)8-17(4-5-19-13)7-9-2-3-10(14)11(15)6-9/h2-3,6H,4-5,7-8H2,1H3,(H2,16,18). The molecule has 1 aromatic carbocycles. The second kappa shape index (κ2) is 5.22. The molecule has 4 nitrogen and oxygen atoms in total. The van der Waals surface area contributed by atoms with E-state index in [9.17, 15) is 13.6 Å². The Kier molecular flexibility index (Phi) is 3.82. The van der Waals surface area contributed by atoms with Crippen LogP contribution in [0, 0.1) is 11.6 Å². The first kappa shape index (κ1) is 13.9. The molecule has 0 aliphatic carbocycles. The molecular formula is C13H16F2N2O2. The quantitative estimate of drug-likeness (QED) is 0.893. The molecule has 1 aromatic rings. The van der Waals surface area contributed by atoms with E-state index in [2.05, 4.69) is 0 Å². The van der Waals surface area contributed by atoms with Gasteiger partial charge in [-0.3, -0.25) is 9.69 Å². The number of rotatable bonds is 3. The Bertz CT molecular complexity index is 496. The number of carbonyl (C=O) groups excluding carboxylic acids is 1. The molecule has 1 unspecified atom stereocenters. The van der Waals surface area contributed by atoms with Crippen molar-refractivity contribution in [1.29, 1.82) is 0 Å². The number of primary amides is 1. The highest BCUT2D eigenvalue weighted by Gasteiger charge is 2.37. The molecule has 1 amide bonds. The number of morpholine rings is 1. The summed E-state index contributed by atoms with van der Waals surface area (Å²) in [4.78, 5) is 13.3. The molecule has 1 aliphatic rings. The van der Waals surface area contributed by atoms with E-state index in [1.54, 1.807) is 6.92 Å². The molecule has 6 heteroatoms. The first-order valence-electron chi connectivity index (χ1n) is 6.01. The average Bonchev–Trinajstić information content (AvgIpc) is 2.34. The summed E-state index contributed by atoms with van der Waals surface area (Å²) in [5.41, 5.74) is 4.92. The number of carbonyl (C=O) groups is 1. The molecule has 1 heterocycles. The van der Waals surface area contributed by atoms with Crippen molar-refractivity contribution in [3.05, 3.63) is 35.4 Å². The molecule has 0 radical (unpaired) electrons. The van der Waals surface area contributed by atoms with Crippen LogP contribution < -0.4 is 5.73 Å². The van der Waals surface area contributed by atoms with Gasteiger partial charge in [0, 0.05) is 19.6 Å². The second-order valence-corrected chi connectivity index (χ2v) is 4.90. The van der Waals surface area contributed by atoms with Gasteiger partial charge in [-0.1, -0.05) is 6.07 Å². The Morgan fingerprint density at radius 2 is 2.21 bits per heavy atom. The summed E-state index contributed by atoms with van der Waals surface area (Å²) in [5.74, 6) is -2.27. The summed E-state index contributed by atoms with van der Waals surface area (Å²) in [6.07, 6.45) is 0. The van der Waals surface area contributed by atoms with Gasteiger partial charge in [0.05, 0.1) is 6.61 Å². The van der Waals surface area contributed by atoms with Crippen molar-refractivity contribution < 1.29 is 18.3 Å². The maximum atomic E-state index is 13.1. The van der Waals surface area contributed by atoms with Gasteiger partial charge in [-0.15, -0.1) is 0 Å². The maximum absolute atomic E-state index is 13.1. The number of benzene rings is 1. The lowest BCUT2D eigenvalue weighted by molar-refractivity contribution is -0.153. The van der Waals surface area contributed by atoms with Crippen LogP contribution in [-0.2, 0) is 16.1 Å². The van der Waals surface area contributed by atoms with Crippen LogP contribution in [-0.4, -0.2) is 36.1 Å². The van der Waals surface area contributed by atoms with Crippen molar-refractivity contribution in [2.45, 2.75) is 19.1 Å². The number of amides is 1. The highest BCUT2D eigenvalue weighted by molar-refractivity contribution is 5.83. The third-order valence-corrected chi connectivity index (χ3v) is 3.26. The molecule has 104 valence electrons. The van der Waals surface area contributed by atoms with Crippen LogP contribution in [0.25, 0.3) is 0 Å². The molecule has 1 aliphatic heterocycles. The fraction of sp³-hybridized carbons (Fsp3) is 0.462. The molecule has 0 aromatic heterocycles. The summed E-state index contributed by atoms with van der Waals surface area (Å²) >= 11 is 0.